The molecule has 0 fully saturated rings. The molecule has 1 radical (unpaired) electrons. The van der Waals surface area contributed by atoms with Crippen LogP contribution in [0, 0.1) is 0 Å². The smallest absolute Gasteiger partial charge is 0.0581 e. The molecular formula is C20H36CoP4+4. The van der Waals surface area contributed by atoms with Crippen LogP contribution in [0.15, 0.2) is 48.5 Å². The van der Waals surface area contributed by atoms with E-state index in [0.29, 0.717) is 0 Å². The first-order chi connectivity index (χ1) is 11.3. The topological polar surface area (TPSA) is 0 Å². The molecule has 0 spiro atoms. The van der Waals surface area contributed by atoms with Crippen LogP contribution in [0.25, 0.3) is 0 Å². The minimum Gasteiger partial charge on any atom is -0.0581 e. The summed E-state index contributed by atoms with van der Waals surface area (Å²) in [4.78, 5) is 0. The predicted octanol–water partition coefficient (Wildman–Crippen LogP) is 3.77. The van der Waals surface area contributed by atoms with E-state index in [1.54, 1.807) is 21.2 Å². The maximum atomic E-state index is 2.37. The van der Waals surface area contributed by atoms with Crippen molar-refractivity contribution >= 4 is 52.9 Å². The molecule has 0 amide bonds. The average molecular weight is 459 g/mol. The first-order valence-corrected chi connectivity index (χ1v) is 18.7. The van der Waals surface area contributed by atoms with Gasteiger partial charge in [-0.1, -0.05) is 24.3 Å². The Labute approximate surface area is 171 Å². The quantitative estimate of drug-likeness (QED) is 0.611. The molecule has 0 aliphatic rings. The molecule has 2 rings (SSSR count). The first-order valence-electron chi connectivity index (χ1n) is 8.65. The van der Waals surface area contributed by atoms with Crippen molar-refractivity contribution in [3.05, 3.63) is 48.5 Å². The molecular weight excluding hydrogens is 423 g/mol. The standard InChI is InChI=1S/2C10H16P2.Co/c2*1-11(2)9-7-5-6-8-10(9)12(3)4;/h2*5-8H,1-4H3;/p+4. The average Bonchev–Trinajstić information content (AvgIpc) is 2.55. The Hall–Kier alpha value is 0.666. The van der Waals surface area contributed by atoms with Crippen molar-refractivity contribution in [3.8, 4) is 0 Å². The van der Waals surface area contributed by atoms with Crippen LogP contribution in [-0.2, 0) is 16.8 Å². The van der Waals surface area contributed by atoms with Crippen LogP contribution in [0.3, 0.4) is 0 Å². The van der Waals surface area contributed by atoms with Crippen molar-refractivity contribution in [1.29, 1.82) is 0 Å². The second-order valence-corrected chi connectivity index (χ2v) is 17.2. The molecule has 0 saturated carbocycles. The van der Waals surface area contributed by atoms with Gasteiger partial charge in [0.25, 0.3) is 0 Å². The molecule has 141 valence electrons. The van der Waals surface area contributed by atoms with Crippen LogP contribution in [0.2, 0.25) is 0 Å². The summed E-state index contributed by atoms with van der Waals surface area (Å²) in [5.41, 5.74) is 0. The minimum absolute atomic E-state index is 0. The predicted molar refractivity (Wildman–Crippen MR) is 132 cm³/mol. The van der Waals surface area contributed by atoms with Gasteiger partial charge in [-0.15, -0.1) is 0 Å². The second-order valence-electron chi connectivity index (χ2n) is 7.09. The zero-order chi connectivity index (χ0) is 18.3. The van der Waals surface area contributed by atoms with Crippen molar-refractivity contribution < 1.29 is 16.8 Å². The first kappa shape index (κ1) is 25.7. The van der Waals surface area contributed by atoms with Crippen molar-refractivity contribution in [1.82, 2.24) is 0 Å². The number of benzene rings is 2. The number of rotatable bonds is 4. The van der Waals surface area contributed by atoms with Gasteiger partial charge in [-0.05, 0) is 24.3 Å². The van der Waals surface area contributed by atoms with Crippen molar-refractivity contribution in [2.24, 2.45) is 0 Å². The SMILES string of the molecule is C[PH+](C)c1ccccc1[PH+](C)C.C[PH+](C)c1ccccc1[PH+](C)C.[Co]. The zero-order valence-electron chi connectivity index (χ0n) is 17.0. The summed E-state index contributed by atoms with van der Waals surface area (Å²) in [6.45, 7) is 19.0. The summed E-state index contributed by atoms with van der Waals surface area (Å²) >= 11 is 0. The van der Waals surface area contributed by atoms with E-state index in [1.165, 1.54) is 0 Å². The third kappa shape index (κ3) is 8.48. The molecule has 0 N–H and O–H groups in total. The van der Waals surface area contributed by atoms with Gasteiger partial charge >= 0.3 is 0 Å². The fourth-order valence-corrected chi connectivity index (χ4v) is 9.92. The van der Waals surface area contributed by atoms with Gasteiger partial charge in [-0.2, -0.15) is 0 Å². The summed E-state index contributed by atoms with van der Waals surface area (Å²) in [7, 11) is -1.04. The Bertz CT molecular complexity index is 515. The fourth-order valence-electron chi connectivity index (χ4n) is 2.71. The van der Waals surface area contributed by atoms with Crippen molar-refractivity contribution in [2.75, 3.05) is 53.3 Å². The maximum absolute atomic E-state index is 2.37. The molecule has 5 heteroatoms. The van der Waals surface area contributed by atoms with E-state index in [4.69, 9.17) is 0 Å². The molecule has 0 saturated heterocycles. The van der Waals surface area contributed by atoms with Crippen molar-refractivity contribution in [2.45, 2.75) is 0 Å². The van der Waals surface area contributed by atoms with Gasteiger partial charge in [0.2, 0.25) is 0 Å². The molecule has 0 aliphatic carbocycles. The Morgan fingerprint density at radius 2 is 0.560 bits per heavy atom. The van der Waals surface area contributed by atoms with Gasteiger partial charge < -0.3 is 0 Å². The van der Waals surface area contributed by atoms with E-state index < -0.39 is 0 Å². The van der Waals surface area contributed by atoms with E-state index in [1.807, 2.05) is 0 Å². The molecule has 2 aromatic carbocycles. The van der Waals surface area contributed by atoms with Gasteiger partial charge in [0.05, 0.1) is 53.3 Å². The molecule has 0 bridgehead atoms. The Morgan fingerprint density at radius 3 is 0.680 bits per heavy atom. The van der Waals surface area contributed by atoms with Crippen molar-refractivity contribution in [3.63, 3.8) is 0 Å². The van der Waals surface area contributed by atoms with Crippen LogP contribution in [-0.4, -0.2) is 53.3 Å². The normalized spacial score (nSPS) is 10.7. The zero-order valence-corrected chi connectivity index (χ0v) is 22.0. The molecule has 0 nitrogen and oxygen atoms in total. The van der Waals surface area contributed by atoms with Gasteiger partial charge in [0.15, 0.2) is 0 Å². The fraction of sp³-hybridized carbons (Fsp3) is 0.400. The molecule has 0 aliphatic heterocycles. The maximum Gasteiger partial charge on any atom is 0.132 e. The monoisotopic (exact) mass is 459 g/mol. The van der Waals surface area contributed by atoms with E-state index in [-0.39, 0.29) is 48.5 Å². The molecule has 25 heavy (non-hydrogen) atoms. The summed E-state index contributed by atoms with van der Waals surface area (Å²) in [5, 5.41) is 6.56. The van der Waals surface area contributed by atoms with Gasteiger partial charge in [0.1, 0.15) is 21.2 Å². The molecule has 0 atom stereocenters. The molecule has 2 aromatic rings. The second kappa shape index (κ2) is 12.9. The Balaban J connectivity index is 0.000000443. The van der Waals surface area contributed by atoms with Crippen LogP contribution < -0.4 is 21.2 Å². The van der Waals surface area contributed by atoms with Gasteiger partial charge in [0, 0.05) is 48.5 Å². The van der Waals surface area contributed by atoms with Crippen LogP contribution in [0.5, 0.6) is 0 Å². The Kier molecular flexibility index (Phi) is 13.3. The van der Waals surface area contributed by atoms with E-state index in [2.05, 4.69) is 102 Å². The largest absolute Gasteiger partial charge is 0.132 e. The summed E-state index contributed by atoms with van der Waals surface area (Å²) in [6.07, 6.45) is 0. The van der Waals surface area contributed by atoms with Crippen LogP contribution in [0.1, 0.15) is 0 Å². The number of hydrogen-bond donors (Lipinski definition) is 0. The van der Waals surface area contributed by atoms with E-state index >= 15 is 0 Å². The van der Waals surface area contributed by atoms with Crippen LogP contribution in [0.4, 0.5) is 0 Å². The Morgan fingerprint density at radius 1 is 0.400 bits per heavy atom. The van der Waals surface area contributed by atoms with E-state index in [9.17, 15) is 0 Å². The molecule has 0 unspecified atom stereocenters. The third-order valence-corrected chi connectivity index (χ3v) is 10.6. The summed E-state index contributed by atoms with van der Waals surface area (Å²) in [5.74, 6) is 0. The summed E-state index contributed by atoms with van der Waals surface area (Å²) < 4.78 is 0. The van der Waals surface area contributed by atoms with Crippen LogP contribution >= 0.6 is 31.7 Å². The molecule has 0 aromatic heterocycles. The van der Waals surface area contributed by atoms with Gasteiger partial charge in [-0.25, -0.2) is 0 Å². The minimum atomic E-state index is -0.261. The van der Waals surface area contributed by atoms with Gasteiger partial charge in [-0.3, -0.25) is 0 Å². The summed E-state index contributed by atoms with van der Waals surface area (Å²) in [6, 6.07) is 17.9. The van der Waals surface area contributed by atoms with E-state index in [0.717, 1.165) is 0 Å². The molecule has 0 heterocycles. The number of hydrogen-bond acceptors (Lipinski definition) is 0. The third-order valence-electron chi connectivity index (χ3n) is 4.01.